The van der Waals surface area contributed by atoms with Crippen molar-refractivity contribution in [3.05, 3.63) is 0 Å². The van der Waals surface area contributed by atoms with E-state index in [1.54, 1.807) is 0 Å². The lowest BCUT2D eigenvalue weighted by Crippen LogP contribution is -2.15. The van der Waals surface area contributed by atoms with Crippen molar-refractivity contribution in [2.45, 2.75) is 39.0 Å². The maximum atomic E-state index is 11.0. The molecule has 3 nitrogen and oxygen atoms in total. The SMILES string of the molecule is CCOS(=O)OCC1CCCCC1. The highest BCUT2D eigenvalue weighted by Crippen LogP contribution is 2.23. The Morgan fingerprint density at radius 1 is 1.23 bits per heavy atom. The molecule has 13 heavy (non-hydrogen) atoms. The van der Waals surface area contributed by atoms with Crippen LogP contribution in [-0.4, -0.2) is 17.4 Å². The summed E-state index contributed by atoms with van der Waals surface area (Å²) in [6.45, 7) is 2.84. The van der Waals surface area contributed by atoms with Gasteiger partial charge < -0.3 is 0 Å². The molecule has 0 aromatic rings. The van der Waals surface area contributed by atoms with Crippen LogP contribution in [0.3, 0.4) is 0 Å². The molecule has 78 valence electrons. The second-order valence-electron chi connectivity index (χ2n) is 3.40. The Hall–Kier alpha value is 0.0700. The average Bonchev–Trinajstić information content (AvgIpc) is 2.17. The summed E-state index contributed by atoms with van der Waals surface area (Å²) in [6, 6.07) is 0. The van der Waals surface area contributed by atoms with Gasteiger partial charge in [-0.05, 0) is 25.7 Å². The van der Waals surface area contributed by atoms with Crippen molar-refractivity contribution >= 4 is 11.4 Å². The number of hydrogen-bond donors (Lipinski definition) is 0. The standard InChI is InChI=1S/C9H18O3S/c1-2-11-13(10)12-8-9-6-4-3-5-7-9/h9H,2-8H2,1H3. The minimum absolute atomic E-state index is 0.442. The van der Waals surface area contributed by atoms with E-state index in [1.807, 2.05) is 6.92 Å². The molecule has 1 unspecified atom stereocenters. The highest BCUT2D eigenvalue weighted by molar-refractivity contribution is 7.75. The molecule has 0 aromatic carbocycles. The first-order valence-electron chi connectivity index (χ1n) is 5.01. The molecule has 1 aliphatic carbocycles. The van der Waals surface area contributed by atoms with Gasteiger partial charge in [0.25, 0.3) is 0 Å². The molecule has 0 saturated heterocycles. The van der Waals surface area contributed by atoms with Crippen molar-refractivity contribution in [2.75, 3.05) is 13.2 Å². The van der Waals surface area contributed by atoms with Crippen LogP contribution in [0, 0.1) is 5.92 Å². The second-order valence-corrected chi connectivity index (χ2v) is 4.28. The maximum Gasteiger partial charge on any atom is 0.304 e. The second kappa shape index (κ2) is 6.51. The van der Waals surface area contributed by atoms with Gasteiger partial charge in [0, 0.05) is 0 Å². The zero-order valence-corrected chi connectivity index (χ0v) is 8.98. The molecule has 1 fully saturated rings. The number of hydrogen-bond acceptors (Lipinski definition) is 3. The fourth-order valence-electron chi connectivity index (χ4n) is 1.64. The quantitative estimate of drug-likeness (QED) is 0.691. The lowest BCUT2D eigenvalue weighted by molar-refractivity contribution is 0.194. The Morgan fingerprint density at radius 3 is 2.54 bits per heavy atom. The van der Waals surface area contributed by atoms with Crippen LogP contribution in [0.15, 0.2) is 0 Å². The van der Waals surface area contributed by atoms with Crippen LogP contribution >= 0.6 is 0 Å². The fourth-order valence-corrected chi connectivity index (χ4v) is 2.20. The van der Waals surface area contributed by atoms with E-state index in [4.69, 9.17) is 8.37 Å². The molecular weight excluding hydrogens is 188 g/mol. The van der Waals surface area contributed by atoms with Gasteiger partial charge in [0.15, 0.2) is 0 Å². The van der Waals surface area contributed by atoms with Gasteiger partial charge in [-0.25, -0.2) is 0 Å². The molecule has 0 spiro atoms. The van der Waals surface area contributed by atoms with Crippen LogP contribution in [0.2, 0.25) is 0 Å². The first kappa shape index (κ1) is 11.1. The van der Waals surface area contributed by atoms with E-state index >= 15 is 0 Å². The Bertz CT molecular complexity index is 155. The fraction of sp³-hybridized carbons (Fsp3) is 1.00. The van der Waals surface area contributed by atoms with E-state index < -0.39 is 11.4 Å². The van der Waals surface area contributed by atoms with E-state index in [9.17, 15) is 4.21 Å². The summed E-state index contributed by atoms with van der Waals surface area (Å²) in [5, 5.41) is 0. The molecule has 0 aliphatic heterocycles. The lowest BCUT2D eigenvalue weighted by Gasteiger charge is -2.20. The Balaban J connectivity index is 2.06. The summed E-state index contributed by atoms with van der Waals surface area (Å²) in [5.41, 5.74) is 0. The zero-order chi connectivity index (χ0) is 9.52. The summed E-state index contributed by atoms with van der Waals surface area (Å²) in [4.78, 5) is 0. The zero-order valence-electron chi connectivity index (χ0n) is 8.16. The topological polar surface area (TPSA) is 35.5 Å². The molecule has 0 heterocycles. The van der Waals surface area contributed by atoms with Gasteiger partial charge in [0.05, 0.1) is 13.2 Å². The molecule has 1 saturated carbocycles. The summed E-state index contributed by atoms with van der Waals surface area (Å²) >= 11 is -1.52. The molecule has 0 bridgehead atoms. The van der Waals surface area contributed by atoms with Crippen molar-refractivity contribution in [3.8, 4) is 0 Å². The molecule has 1 aliphatic rings. The minimum Gasteiger partial charge on any atom is -0.269 e. The maximum absolute atomic E-state index is 11.0. The molecule has 0 radical (unpaired) electrons. The normalized spacial score (nSPS) is 21.6. The van der Waals surface area contributed by atoms with Crippen LogP contribution in [0.1, 0.15) is 39.0 Å². The molecule has 0 aromatic heterocycles. The Morgan fingerprint density at radius 2 is 1.92 bits per heavy atom. The molecular formula is C9H18O3S. The largest absolute Gasteiger partial charge is 0.304 e. The van der Waals surface area contributed by atoms with E-state index in [1.165, 1.54) is 32.1 Å². The average molecular weight is 206 g/mol. The van der Waals surface area contributed by atoms with Gasteiger partial charge in [-0.2, -0.15) is 4.21 Å². The van der Waals surface area contributed by atoms with Crippen molar-refractivity contribution in [1.82, 2.24) is 0 Å². The van der Waals surface area contributed by atoms with Crippen LogP contribution < -0.4 is 0 Å². The van der Waals surface area contributed by atoms with Crippen molar-refractivity contribution in [3.63, 3.8) is 0 Å². The molecule has 1 atom stereocenters. The molecule has 4 heteroatoms. The Labute approximate surface area is 82.7 Å². The highest BCUT2D eigenvalue weighted by Gasteiger charge is 2.14. The van der Waals surface area contributed by atoms with Crippen molar-refractivity contribution < 1.29 is 12.6 Å². The van der Waals surface area contributed by atoms with Gasteiger partial charge in [0.1, 0.15) is 0 Å². The monoisotopic (exact) mass is 206 g/mol. The third-order valence-corrected chi connectivity index (χ3v) is 3.10. The summed E-state index contributed by atoms with van der Waals surface area (Å²) in [7, 11) is 0. The van der Waals surface area contributed by atoms with Crippen LogP contribution in [0.25, 0.3) is 0 Å². The summed E-state index contributed by atoms with van der Waals surface area (Å²) in [5.74, 6) is 0.596. The smallest absolute Gasteiger partial charge is 0.269 e. The molecule has 0 amide bonds. The first-order valence-corrected chi connectivity index (χ1v) is 6.01. The van der Waals surface area contributed by atoms with Crippen LogP contribution in [0.5, 0.6) is 0 Å². The molecule has 1 rings (SSSR count). The predicted octanol–water partition coefficient (Wildman–Crippen LogP) is 2.20. The first-order chi connectivity index (χ1) is 6.33. The van der Waals surface area contributed by atoms with Crippen LogP contribution in [0.4, 0.5) is 0 Å². The third kappa shape index (κ3) is 4.74. The highest BCUT2D eigenvalue weighted by atomic mass is 32.2. The van der Waals surface area contributed by atoms with Gasteiger partial charge in [-0.1, -0.05) is 19.3 Å². The predicted molar refractivity (Wildman–Crippen MR) is 52.3 cm³/mol. The van der Waals surface area contributed by atoms with Gasteiger partial charge >= 0.3 is 11.4 Å². The van der Waals surface area contributed by atoms with E-state index in [-0.39, 0.29) is 0 Å². The Kier molecular flexibility index (Phi) is 5.58. The third-order valence-electron chi connectivity index (χ3n) is 2.34. The minimum atomic E-state index is -1.52. The van der Waals surface area contributed by atoms with E-state index in [0.717, 1.165) is 0 Å². The summed E-state index contributed by atoms with van der Waals surface area (Å²) < 4.78 is 20.8. The van der Waals surface area contributed by atoms with E-state index in [0.29, 0.717) is 19.1 Å². The molecule has 0 N–H and O–H groups in total. The lowest BCUT2D eigenvalue weighted by atomic mass is 9.90. The van der Waals surface area contributed by atoms with Gasteiger partial charge in [0.2, 0.25) is 0 Å². The van der Waals surface area contributed by atoms with Crippen LogP contribution in [-0.2, 0) is 19.7 Å². The number of rotatable bonds is 5. The van der Waals surface area contributed by atoms with Gasteiger partial charge in [-0.15, -0.1) is 0 Å². The van der Waals surface area contributed by atoms with Gasteiger partial charge in [-0.3, -0.25) is 8.37 Å². The summed E-state index contributed by atoms with van der Waals surface area (Å²) in [6.07, 6.45) is 6.34. The van der Waals surface area contributed by atoms with Crippen molar-refractivity contribution in [1.29, 1.82) is 0 Å². The van der Waals surface area contributed by atoms with Crippen molar-refractivity contribution in [2.24, 2.45) is 5.92 Å². The van der Waals surface area contributed by atoms with E-state index in [2.05, 4.69) is 0 Å².